The highest BCUT2D eigenvalue weighted by molar-refractivity contribution is 5.90. The Morgan fingerprint density at radius 2 is 2.00 bits per heavy atom. The number of hydrogen-bond donors (Lipinski definition) is 0. The second-order valence-electron chi connectivity index (χ2n) is 4.82. The molecule has 4 heteroatoms. The van der Waals surface area contributed by atoms with Gasteiger partial charge in [-0.3, -0.25) is 0 Å². The van der Waals surface area contributed by atoms with Gasteiger partial charge in [0.15, 0.2) is 0 Å². The summed E-state index contributed by atoms with van der Waals surface area (Å²) in [5.41, 5.74) is 3.62. The zero-order chi connectivity index (χ0) is 15.2. The summed E-state index contributed by atoms with van der Waals surface area (Å²) >= 11 is 0. The quantitative estimate of drug-likeness (QED) is 0.792. The fourth-order valence-electron chi connectivity index (χ4n) is 2.17. The zero-order valence-corrected chi connectivity index (χ0v) is 12.7. The summed E-state index contributed by atoms with van der Waals surface area (Å²) < 4.78 is 5.03. The summed E-state index contributed by atoms with van der Waals surface area (Å²) in [5.74, 6) is 0.381. The Labute approximate surface area is 125 Å². The van der Waals surface area contributed by atoms with Gasteiger partial charge in [0.2, 0.25) is 0 Å². The van der Waals surface area contributed by atoms with Crippen molar-refractivity contribution in [2.45, 2.75) is 33.6 Å². The van der Waals surface area contributed by atoms with Crippen molar-refractivity contribution in [1.82, 2.24) is 9.97 Å². The van der Waals surface area contributed by atoms with E-state index in [0.717, 1.165) is 11.5 Å². The van der Waals surface area contributed by atoms with E-state index >= 15 is 0 Å². The van der Waals surface area contributed by atoms with Crippen molar-refractivity contribution >= 4 is 5.97 Å². The van der Waals surface area contributed by atoms with Crippen molar-refractivity contribution in [2.24, 2.45) is 0 Å². The smallest absolute Gasteiger partial charge is 0.341 e. The minimum Gasteiger partial charge on any atom is -0.462 e. The van der Waals surface area contributed by atoms with Crippen LogP contribution in [-0.2, 0) is 17.6 Å². The van der Waals surface area contributed by atoms with Crippen molar-refractivity contribution in [2.75, 3.05) is 6.61 Å². The Morgan fingerprint density at radius 3 is 2.67 bits per heavy atom. The lowest BCUT2D eigenvalue weighted by atomic mass is 10.1. The number of aromatic nitrogens is 2. The van der Waals surface area contributed by atoms with E-state index in [1.54, 1.807) is 13.1 Å². The molecule has 2 rings (SSSR count). The standard InChI is InChI=1S/C17H20N2O2/c1-4-15-14(17(20)21-5-2)11-18-16(19-15)10-13-9-7-6-8-12(13)3/h6-9,11H,4-5,10H2,1-3H3. The molecule has 21 heavy (non-hydrogen) atoms. The maximum Gasteiger partial charge on any atom is 0.341 e. The first-order valence-electron chi connectivity index (χ1n) is 7.22. The number of hydrogen-bond acceptors (Lipinski definition) is 4. The predicted octanol–water partition coefficient (Wildman–Crippen LogP) is 3.11. The third kappa shape index (κ3) is 3.66. The molecule has 0 bridgehead atoms. The third-order valence-corrected chi connectivity index (χ3v) is 3.36. The van der Waals surface area contributed by atoms with Crippen LogP contribution in [0.2, 0.25) is 0 Å². The Morgan fingerprint density at radius 1 is 1.24 bits per heavy atom. The topological polar surface area (TPSA) is 52.1 Å². The van der Waals surface area contributed by atoms with Crippen LogP contribution in [0.25, 0.3) is 0 Å². The predicted molar refractivity (Wildman–Crippen MR) is 81.4 cm³/mol. The molecule has 4 nitrogen and oxygen atoms in total. The molecule has 1 heterocycles. The maximum absolute atomic E-state index is 11.8. The first-order valence-corrected chi connectivity index (χ1v) is 7.22. The SMILES string of the molecule is CCOC(=O)c1cnc(Cc2ccccc2C)nc1CC. The number of ether oxygens (including phenoxy) is 1. The summed E-state index contributed by atoms with van der Waals surface area (Å²) in [6.45, 7) is 6.19. The van der Waals surface area contributed by atoms with E-state index in [-0.39, 0.29) is 5.97 Å². The van der Waals surface area contributed by atoms with Gasteiger partial charge in [-0.15, -0.1) is 0 Å². The number of carbonyl (C=O) groups is 1. The van der Waals surface area contributed by atoms with Gasteiger partial charge in [0.1, 0.15) is 5.82 Å². The van der Waals surface area contributed by atoms with Crippen molar-refractivity contribution < 1.29 is 9.53 Å². The molecular formula is C17H20N2O2. The summed E-state index contributed by atoms with van der Waals surface area (Å²) in [6, 6.07) is 8.17. The van der Waals surface area contributed by atoms with E-state index in [0.29, 0.717) is 25.0 Å². The number of rotatable bonds is 5. The van der Waals surface area contributed by atoms with Crippen LogP contribution in [0, 0.1) is 6.92 Å². The highest BCUT2D eigenvalue weighted by Crippen LogP contribution is 2.14. The first kappa shape index (κ1) is 15.2. The molecule has 2 aromatic rings. The molecule has 0 aliphatic carbocycles. The lowest BCUT2D eigenvalue weighted by Gasteiger charge is -2.09. The second-order valence-corrected chi connectivity index (χ2v) is 4.82. The largest absolute Gasteiger partial charge is 0.462 e. The summed E-state index contributed by atoms with van der Waals surface area (Å²) in [7, 11) is 0. The van der Waals surface area contributed by atoms with Crippen LogP contribution in [0.4, 0.5) is 0 Å². The zero-order valence-electron chi connectivity index (χ0n) is 12.7. The van der Waals surface area contributed by atoms with E-state index in [2.05, 4.69) is 29.0 Å². The average molecular weight is 284 g/mol. The average Bonchev–Trinajstić information content (AvgIpc) is 2.49. The fourth-order valence-corrected chi connectivity index (χ4v) is 2.17. The number of aryl methyl sites for hydroxylation is 2. The number of nitrogens with zero attached hydrogens (tertiary/aromatic N) is 2. The summed E-state index contributed by atoms with van der Waals surface area (Å²) in [5, 5.41) is 0. The van der Waals surface area contributed by atoms with Gasteiger partial charge in [-0.2, -0.15) is 0 Å². The van der Waals surface area contributed by atoms with Gasteiger partial charge in [-0.25, -0.2) is 14.8 Å². The van der Waals surface area contributed by atoms with Crippen LogP contribution in [0.5, 0.6) is 0 Å². The van der Waals surface area contributed by atoms with E-state index in [4.69, 9.17) is 4.74 Å². The van der Waals surface area contributed by atoms with Crippen LogP contribution >= 0.6 is 0 Å². The van der Waals surface area contributed by atoms with E-state index < -0.39 is 0 Å². The van der Waals surface area contributed by atoms with Gasteiger partial charge in [0.25, 0.3) is 0 Å². The Hall–Kier alpha value is -2.23. The molecule has 110 valence electrons. The monoisotopic (exact) mass is 284 g/mol. The van der Waals surface area contributed by atoms with E-state index in [1.807, 2.05) is 19.1 Å². The van der Waals surface area contributed by atoms with Gasteiger partial charge in [-0.05, 0) is 31.4 Å². The lowest BCUT2D eigenvalue weighted by Crippen LogP contribution is -2.12. The minimum absolute atomic E-state index is 0.350. The van der Waals surface area contributed by atoms with Crippen LogP contribution in [-0.4, -0.2) is 22.5 Å². The normalized spacial score (nSPS) is 10.4. The lowest BCUT2D eigenvalue weighted by molar-refractivity contribution is 0.0524. The Bertz CT molecular complexity index is 638. The third-order valence-electron chi connectivity index (χ3n) is 3.36. The number of carbonyl (C=O) groups excluding carboxylic acids is 1. The maximum atomic E-state index is 11.8. The van der Waals surface area contributed by atoms with Gasteiger partial charge in [0, 0.05) is 12.6 Å². The molecule has 0 N–H and O–H groups in total. The van der Waals surface area contributed by atoms with Crippen LogP contribution in [0.3, 0.4) is 0 Å². The molecule has 0 spiro atoms. The van der Waals surface area contributed by atoms with E-state index in [9.17, 15) is 4.79 Å². The van der Waals surface area contributed by atoms with Crippen molar-refractivity contribution in [1.29, 1.82) is 0 Å². The molecule has 0 radical (unpaired) electrons. The van der Waals surface area contributed by atoms with E-state index in [1.165, 1.54) is 11.1 Å². The molecule has 0 aliphatic heterocycles. The minimum atomic E-state index is -0.350. The summed E-state index contributed by atoms with van der Waals surface area (Å²) in [4.78, 5) is 20.7. The van der Waals surface area contributed by atoms with Gasteiger partial charge in [0.05, 0.1) is 17.9 Å². The van der Waals surface area contributed by atoms with Crippen LogP contribution in [0.1, 0.15) is 46.9 Å². The molecule has 1 aromatic carbocycles. The fraction of sp³-hybridized carbons (Fsp3) is 0.353. The molecule has 0 amide bonds. The molecule has 1 aromatic heterocycles. The highest BCUT2D eigenvalue weighted by atomic mass is 16.5. The number of esters is 1. The Kier molecular flexibility index (Phi) is 5.04. The molecular weight excluding hydrogens is 264 g/mol. The Balaban J connectivity index is 2.27. The van der Waals surface area contributed by atoms with Gasteiger partial charge in [-0.1, -0.05) is 31.2 Å². The van der Waals surface area contributed by atoms with Gasteiger partial charge >= 0.3 is 5.97 Å². The molecule has 0 fully saturated rings. The van der Waals surface area contributed by atoms with Crippen LogP contribution in [0.15, 0.2) is 30.5 Å². The van der Waals surface area contributed by atoms with Crippen molar-refractivity contribution in [3.8, 4) is 0 Å². The first-order chi connectivity index (χ1) is 10.2. The molecule has 0 aliphatic rings. The van der Waals surface area contributed by atoms with Crippen molar-refractivity contribution in [3.05, 3.63) is 58.7 Å². The molecule has 0 unspecified atom stereocenters. The molecule has 0 saturated carbocycles. The van der Waals surface area contributed by atoms with Crippen molar-refractivity contribution in [3.63, 3.8) is 0 Å². The summed E-state index contributed by atoms with van der Waals surface area (Å²) in [6.07, 6.45) is 2.93. The van der Waals surface area contributed by atoms with Gasteiger partial charge < -0.3 is 4.74 Å². The molecule has 0 saturated heterocycles. The molecule has 0 atom stereocenters. The number of benzene rings is 1. The van der Waals surface area contributed by atoms with Crippen LogP contribution < -0.4 is 0 Å². The highest BCUT2D eigenvalue weighted by Gasteiger charge is 2.14. The second kappa shape index (κ2) is 6.97.